The maximum absolute atomic E-state index is 12.5. The molecule has 0 bridgehead atoms. The van der Waals surface area contributed by atoms with Crippen molar-refractivity contribution in [2.75, 3.05) is 19.6 Å². The highest BCUT2D eigenvalue weighted by Crippen LogP contribution is 2.25. The summed E-state index contributed by atoms with van der Waals surface area (Å²) < 4.78 is 8.07. The number of aromatic amines is 1. The number of fused-ring (bicyclic) bond motifs is 1. The number of imidazole rings is 1. The van der Waals surface area contributed by atoms with Gasteiger partial charge in [0.05, 0.1) is 23.7 Å². The number of nitrogens with one attached hydrogen (secondary N) is 1. The van der Waals surface area contributed by atoms with Crippen LogP contribution in [0.1, 0.15) is 18.9 Å². The minimum atomic E-state index is -0.748. The quantitative estimate of drug-likeness (QED) is 0.478. The lowest BCUT2D eigenvalue weighted by molar-refractivity contribution is 0.0783. The van der Waals surface area contributed by atoms with Gasteiger partial charge < -0.3 is 15.0 Å². The van der Waals surface area contributed by atoms with E-state index in [1.165, 1.54) is 4.57 Å². The van der Waals surface area contributed by atoms with Gasteiger partial charge in [0.15, 0.2) is 5.82 Å². The number of benzene rings is 2. The average Bonchev–Trinajstić information content (AvgIpc) is 3.34. The van der Waals surface area contributed by atoms with Gasteiger partial charge >= 0.3 is 11.4 Å². The molecule has 1 atom stereocenters. The number of nitrogens with zero attached hydrogens (tertiary/aromatic N) is 4. The molecule has 2 aromatic carbocycles. The second-order valence-electron chi connectivity index (χ2n) is 8.25. The van der Waals surface area contributed by atoms with Crippen LogP contribution in [-0.2, 0) is 6.54 Å². The Kier molecular flexibility index (Phi) is 5.50. The standard InChI is InChI=1S/C23H25N5O4/c29-18(15-27-21(25-32-23(27)31)16-6-2-1-3-7-16)14-26-12-10-17(11-13-26)28-20-9-5-4-8-19(20)24-22(28)30/h1-9,17-18,29H,10-15H2,(H,24,30). The van der Waals surface area contributed by atoms with E-state index in [4.69, 9.17) is 4.52 Å². The van der Waals surface area contributed by atoms with Gasteiger partial charge in [0, 0.05) is 31.2 Å². The molecular weight excluding hydrogens is 410 g/mol. The zero-order chi connectivity index (χ0) is 22.1. The zero-order valence-electron chi connectivity index (χ0n) is 17.6. The Labute approximate surface area is 183 Å². The van der Waals surface area contributed by atoms with Gasteiger partial charge in [-0.15, -0.1) is 0 Å². The van der Waals surface area contributed by atoms with E-state index in [-0.39, 0.29) is 18.3 Å². The van der Waals surface area contributed by atoms with Crippen LogP contribution in [0.25, 0.3) is 22.4 Å². The van der Waals surface area contributed by atoms with Crippen molar-refractivity contribution in [2.45, 2.75) is 31.5 Å². The van der Waals surface area contributed by atoms with Crippen LogP contribution in [-0.4, -0.2) is 55.0 Å². The van der Waals surface area contributed by atoms with Crippen LogP contribution in [0.5, 0.6) is 0 Å². The Hall–Kier alpha value is -3.43. The minimum Gasteiger partial charge on any atom is -0.390 e. The summed E-state index contributed by atoms with van der Waals surface area (Å²) >= 11 is 0. The van der Waals surface area contributed by atoms with Crippen LogP contribution in [0.4, 0.5) is 0 Å². The average molecular weight is 435 g/mol. The summed E-state index contributed by atoms with van der Waals surface area (Å²) in [5.41, 5.74) is 2.46. The third-order valence-corrected chi connectivity index (χ3v) is 6.13. The molecule has 3 heterocycles. The van der Waals surface area contributed by atoms with Crippen molar-refractivity contribution in [3.05, 3.63) is 75.6 Å². The van der Waals surface area contributed by atoms with E-state index >= 15 is 0 Å². The molecule has 9 nitrogen and oxygen atoms in total. The van der Waals surface area contributed by atoms with Crippen LogP contribution in [0.3, 0.4) is 0 Å². The summed E-state index contributed by atoms with van der Waals surface area (Å²) in [6.45, 7) is 2.06. The van der Waals surface area contributed by atoms with Crippen LogP contribution < -0.4 is 11.4 Å². The lowest BCUT2D eigenvalue weighted by atomic mass is 10.0. The van der Waals surface area contributed by atoms with Gasteiger partial charge in [0.25, 0.3) is 0 Å². The first-order valence-electron chi connectivity index (χ1n) is 10.8. The molecule has 2 aromatic heterocycles. The predicted octanol–water partition coefficient (Wildman–Crippen LogP) is 1.84. The fraction of sp³-hybridized carbons (Fsp3) is 0.348. The first kappa shape index (κ1) is 20.5. The summed E-state index contributed by atoms with van der Waals surface area (Å²) in [5.74, 6) is -0.174. The Morgan fingerprint density at radius 3 is 2.53 bits per heavy atom. The molecule has 1 aliphatic heterocycles. The summed E-state index contributed by atoms with van der Waals surface area (Å²) in [5, 5.41) is 14.5. The van der Waals surface area contributed by atoms with Crippen molar-refractivity contribution < 1.29 is 9.63 Å². The van der Waals surface area contributed by atoms with E-state index in [1.807, 2.05) is 59.2 Å². The second-order valence-corrected chi connectivity index (χ2v) is 8.25. The van der Waals surface area contributed by atoms with Crippen LogP contribution in [0.15, 0.2) is 68.7 Å². The number of piperidine rings is 1. The van der Waals surface area contributed by atoms with E-state index in [0.29, 0.717) is 12.4 Å². The highest BCUT2D eigenvalue weighted by Gasteiger charge is 2.25. The third kappa shape index (κ3) is 3.92. The van der Waals surface area contributed by atoms with Crippen molar-refractivity contribution in [1.29, 1.82) is 0 Å². The van der Waals surface area contributed by atoms with Crippen LogP contribution in [0, 0.1) is 0 Å². The van der Waals surface area contributed by atoms with Gasteiger partial charge in [-0.05, 0) is 25.0 Å². The SMILES string of the molecule is O=c1onc(-c2ccccc2)n1CC(O)CN1CCC(n2c(=O)[nH]c3ccccc32)CC1. The number of H-pyrrole nitrogens is 1. The van der Waals surface area contributed by atoms with Crippen molar-refractivity contribution >= 4 is 11.0 Å². The normalized spacial score (nSPS) is 16.5. The third-order valence-electron chi connectivity index (χ3n) is 6.13. The largest absolute Gasteiger partial charge is 0.441 e. The number of aromatic nitrogens is 4. The van der Waals surface area contributed by atoms with Crippen LogP contribution >= 0.6 is 0 Å². The predicted molar refractivity (Wildman–Crippen MR) is 119 cm³/mol. The second kappa shape index (κ2) is 8.60. The molecule has 0 radical (unpaired) electrons. The number of likely N-dealkylation sites (tertiary alicyclic amines) is 1. The van der Waals surface area contributed by atoms with Gasteiger partial charge in [-0.1, -0.05) is 47.6 Å². The molecule has 32 heavy (non-hydrogen) atoms. The Morgan fingerprint density at radius 1 is 1.03 bits per heavy atom. The summed E-state index contributed by atoms with van der Waals surface area (Å²) in [4.78, 5) is 29.7. The fourth-order valence-electron chi connectivity index (χ4n) is 4.59. The molecule has 1 unspecified atom stereocenters. The fourth-order valence-corrected chi connectivity index (χ4v) is 4.59. The number of para-hydroxylation sites is 2. The molecule has 1 saturated heterocycles. The number of hydrogen-bond donors (Lipinski definition) is 2. The van der Waals surface area contributed by atoms with Crippen molar-refractivity contribution in [2.24, 2.45) is 0 Å². The maximum atomic E-state index is 12.5. The number of aliphatic hydroxyl groups excluding tert-OH is 1. The zero-order valence-corrected chi connectivity index (χ0v) is 17.6. The highest BCUT2D eigenvalue weighted by molar-refractivity contribution is 5.75. The van der Waals surface area contributed by atoms with Crippen molar-refractivity contribution in [3.8, 4) is 11.4 Å². The molecule has 0 saturated carbocycles. The molecule has 166 valence electrons. The first-order chi connectivity index (χ1) is 15.6. The van der Waals surface area contributed by atoms with Gasteiger partial charge in [-0.2, -0.15) is 0 Å². The first-order valence-corrected chi connectivity index (χ1v) is 10.8. The number of β-amino-alcohol motifs (C(OH)–C–C–N with tert-alkyl or cyclic N) is 1. The molecule has 0 spiro atoms. The maximum Gasteiger partial charge on any atom is 0.441 e. The molecule has 9 heteroatoms. The molecule has 0 amide bonds. The van der Waals surface area contributed by atoms with Gasteiger partial charge in [-0.25, -0.2) is 9.59 Å². The molecule has 0 aliphatic carbocycles. The summed E-state index contributed by atoms with van der Waals surface area (Å²) in [6.07, 6.45) is 0.885. The van der Waals surface area contributed by atoms with Gasteiger partial charge in [-0.3, -0.25) is 13.7 Å². The van der Waals surface area contributed by atoms with E-state index in [1.54, 1.807) is 0 Å². The Morgan fingerprint density at radius 2 is 1.75 bits per heavy atom. The number of aliphatic hydroxyl groups is 1. The molecular formula is C23H25N5O4. The van der Waals surface area contributed by atoms with E-state index in [9.17, 15) is 14.7 Å². The smallest absolute Gasteiger partial charge is 0.390 e. The topological polar surface area (TPSA) is 109 Å². The summed E-state index contributed by atoms with van der Waals surface area (Å²) in [6, 6.07) is 17.1. The molecule has 1 aliphatic rings. The minimum absolute atomic E-state index is 0.0787. The van der Waals surface area contributed by atoms with Crippen molar-refractivity contribution in [3.63, 3.8) is 0 Å². The highest BCUT2D eigenvalue weighted by atomic mass is 16.5. The van der Waals surface area contributed by atoms with E-state index in [0.717, 1.165) is 42.5 Å². The van der Waals surface area contributed by atoms with E-state index in [2.05, 4.69) is 15.0 Å². The van der Waals surface area contributed by atoms with Crippen LogP contribution in [0.2, 0.25) is 0 Å². The van der Waals surface area contributed by atoms with Gasteiger partial charge in [0.1, 0.15) is 0 Å². The monoisotopic (exact) mass is 435 g/mol. The molecule has 5 rings (SSSR count). The molecule has 1 fully saturated rings. The lowest BCUT2D eigenvalue weighted by Gasteiger charge is -2.33. The number of hydrogen-bond acceptors (Lipinski definition) is 6. The van der Waals surface area contributed by atoms with E-state index < -0.39 is 11.9 Å². The Bertz CT molecular complexity index is 1310. The number of rotatable bonds is 6. The Balaban J connectivity index is 1.23. The summed E-state index contributed by atoms with van der Waals surface area (Å²) in [7, 11) is 0. The molecule has 4 aromatic rings. The lowest BCUT2D eigenvalue weighted by Crippen LogP contribution is -2.42. The van der Waals surface area contributed by atoms with Gasteiger partial charge in [0.2, 0.25) is 0 Å². The van der Waals surface area contributed by atoms with Crippen molar-refractivity contribution in [1.82, 2.24) is 24.2 Å². The molecule has 2 N–H and O–H groups in total.